The molecule has 1 N–H and O–H groups in total. The summed E-state index contributed by atoms with van der Waals surface area (Å²) in [6.07, 6.45) is 5.88. The summed E-state index contributed by atoms with van der Waals surface area (Å²) in [5.74, 6) is -0.172. The van der Waals surface area contributed by atoms with Crippen LogP contribution in [0.2, 0.25) is 0 Å². The molecule has 0 saturated heterocycles. The monoisotopic (exact) mass is 275 g/mol. The molecule has 1 aromatic carbocycles. The second kappa shape index (κ2) is 6.66. The van der Waals surface area contributed by atoms with E-state index in [2.05, 4.69) is 17.3 Å². The van der Waals surface area contributed by atoms with Gasteiger partial charge in [0.2, 0.25) is 0 Å². The maximum absolute atomic E-state index is 13.2. The number of hydrogen-bond acceptors (Lipinski definition) is 2. The minimum absolute atomic E-state index is 0.172. The molecular formula is C16H22FN3. The molecule has 1 unspecified atom stereocenters. The summed E-state index contributed by atoms with van der Waals surface area (Å²) < 4.78 is 15.0. The van der Waals surface area contributed by atoms with Gasteiger partial charge in [-0.1, -0.05) is 13.0 Å². The van der Waals surface area contributed by atoms with Crippen LogP contribution in [-0.4, -0.2) is 16.3 Å². The predicted octanol–water partition coefficient (Wildman–Crippen LogP) is 3.15. The van der Waals surface area contributed by atoms with Gasteiger partial charge in [0.05, 0.1) is 6.20 Å². The van der Waals surface area contributed by atoms with Crippen molar-refractivity contribution in [3.8, 4) is 0 Å². The summed E-state index contributed by atoms with van der Waals surface area (Å²) in [6, 6.07) is 5.28. The van der Waals surface area contributed by atoms with Crippen LogP contribution in [0, 0.1) is 12.7 Å². The maximum atomic E-state index is 13.2. The molecule has 2 rings (SSSR count). The molecule has 108 valence electrons. The van der Waals surface area contributed by atoms with Gasteiger partial charge in [-0.05, 0) is 55.1 Å². The third kappa shape index (κ3) is 3.67. The van der Waals surface area contributed by atoms with Crippen molar-refractivity contribution >= 4 is 0 Å². The molecule has 2 aromatic rings. The Bertz CT molecular complexity index is 563. The fourth-order valence-electron chi connectivity index (χ4n) is 2.56. The lowest BCUT2D eigenvalue weighted by Crippen LogP contribution is -2.22. The largest absolute Gasteiger partial charge is 0.310 e. The molecule has 1 heterocycles. The summed E-state index contributed by atoms with van der Waals surface area (Å²) in [5, 5.41) is 7.68. The highest BCUT2D eigenvalue weighted by Gasteiger charge is 2.13. The Balaban J connectivity index is 2.09. The van der Waals surface area contributed by atoms with Crippen LogP contribution in [0.5, 0.6) is 0 Å². The number of aryl methyl sites for hydroxylation is 3. The third-order valence-corrected chi connectivity index (χ3v) is 3.54. The lowest BCUT2D eigenvalue weighted by atomic mass is 9.96. The van der Waals surface area contributed by atoms with Crippen molar-refractivity contribution < 1.29 is 4.39 Å². The van der Waals surface area contributed by atoms with E-state index in [-0.39, 0.29) is 11.9 Å². The SMILES string of the molecule is CCNC(CCc1cnn(C)c1)c1ccc(F)cc1C. The van der Waals surface area contributed by atoms with Gasteiger partial charge in [0.1, 0.15) is 5.82 Å². The molecule has 0 aliphatic heterocycles. The first-order chi connectivity index (χ1) is 9.60. The Morgan fingerprint density at radius 3 is 2.80 bits per heavy atom. The van der Waals surface area contributed by atoms with E-state index >= 15 is 0 Å². The zero-order valence-corrected chi connectivity index (χ0v) is 12.4. The van der Waals surface area contributed by atoms with Crippen LogP contribution in [0.1, 0.15) is 36.1 Å². The minimum atomic E-state index is -0.172. The molecule has 3 nitrogen and oxygen atoms in total. The van der Waals surface area contributed by atoms with Gasteiger partial charge in [0.25, 0.3) is 0 Å². The molecule has 0 bridgehead atoms. The molecule has 0 fully saturated rings. The minimum Gasteiger partial charge on any atom is -0.310 e. The average Bonchev–Trinajstić information content (AvgIpc) is 2.81. The fourth-order valence-corrected chi connectivity index (χ4v) is 2.56. The topological polar surface area (TPSA) is 29.9 Å². The average molecular weight is 275 g/mol. The zero-order chi connectivity index (χ0) is 14.5. The first kappa shape index (κ1) is 14.7. The van der Waals surface area contributed by atoms with E-state index in [0.717, 1.165) is 24.9 Å². The van der Waals surface area contributed by atoms with E-state index in [1.54, 1.807) is 6.07 Å². The number of halogens is 1. The molecule has 0 aliphatic rings. The van der Waals surface area contributed by atoms with Crippen molar-refractivity contribution in [1.29, 1.82) is 0 Å². The second-order valence-corrected chi connectivity index (χ2v) is 5.17. The first-order valence-corrected chi connectivity index (χ1v) is 7.07. The Morgan fingerprint density at radius 2 is 2.20 bits per heavy atom. The lowest BCUT2D eigenvalue weighted by Gasteiger charge is -2.20. The number of benzene rings is 1. The van der Waals surface area contributed by atoms with E-state index in [9.17, 15) is 4.39 Å². The Kier molecular flexibility index (Phi) is 4.90. The number of hydrogen-bond donors (Lipinski definition) is 1. The number of aromatic nitrogens is 2. The quantitative estimate of drug-likeness (QED) is 0.877. The summed E-state index contributed by atoms with van der Waals surface area (Å²) in [5.41, 5.74) is 3.41. The van der Waals surface area contributed by atoms with E-state index < -0.39 is 0 Å². The molecule has 4 heteroatoms. The van der Waals surface area contributed by atoms with Crippen molar-refractivity contribution in [2.24, 2.45) is 7.05 Å². The first-order valence-electron chi connectivity index (χ1n) is 7.07. The Hall–Kier alpha value is -1.68. The van der Waals surface area contributed by atoms with Crippen LogP contribution in [0.3, 0.4) is 0 Å². The summed E-state index contributed by atoms with van der Waals surface area (Å²) in [7, 11) is 1.93. The molecule has 0 saturated carbocycles. The molecule has 1 aromatic heterocycles. The van der Waals surface area contributed by atoms with Crippen LogP contribution in [0.25, 0.3) is 0 Å². The summed E-state index contributed by atoms with van der Waals surface area (Å²) in [4.78, 5) is 0. The van der Waals surface area contributed by atoms with Gasteiger partial charge in [-0.2, -0.15) is 5.10 Å². The van der Waals surface area contributed by atoms with Gasteiger partial charge in [-0.3, -0.25) is 4.68 Å². The van der Waals surface area contributed by atoms with Gasteiger partial charge in [-0.25, -0.2) is 4.39 Å². The fraction of sp³-hybridized carbons (Fsp3) is 0.438. The third-order valence-electron chi connectivity index (χ3n) is 3.54. The number of rotatable bonds is 6. The normalized spacial score (nSPS) is 12.6. The highest BCUT2D eigenvalue weighted by molar-refractivity contribution is 5.29. The standard InChI is InChI=1S/C16H22FN3/c1-4-18-16(8-5-13-10-19-20(3)11-13)15-7-6-14(17)9-12(15)2/h6-7,9-11,16,18H,4-5,8H2,1-3H3. The van der Waals surface area contributed by atoms with Crippen molar-refractivity contribution in [3.63, 3.8) is 0 Å². The zero-order valence-electron chi connectivity index (χ0n) is 12.4. The Morgan fingerprint density at radius 1 is 1.40 bits per heavy atom. The number of nitrogens with one attached hydrogen (secondary N) is 1. The molecule has 0 radical (unpaired) electrons. The highest BCUT2D eigenvalue weighted by atomic mass is 19.1. The van der Waals surface area contributed by atoms with Crippen LogP contribution in [-0.2, 0) is 13.5 Å². The van der Waals surface area contributed by atoms with Gasteiger partial charge in [0, 0.05) is 19.3 Å². The van der Waals surface area contributed by atoms with Crippen molar-refractivity contribution in [3.05, 3.63) is 53.1 Å². The second-order valence-electron chi connectivity index (χ2n) is 5.17. The molecule has 0 amide bonds. The van der Waals surface area contributed by atoms with Crippen LogP contribution >= 0.6 is 0 Å². The highest BCUT2D eigenvalue weighted by Crippen LogP contribution is 2.23. The van der Waals surface area contributed by atoms with E-state index in [1.165, 1.54) is 17.2 Å². The van der Waals surface area contributed by atoms with E-state index in [4.69, 9.17) is 0 Å². The smallest absolute Gasteiger partial charge is 0.123 e. The summed E-state index contributed by atoms with van der Waals surface area (Å²) >= 11 is 0. The maximum Gasteiger partial charge on any atom is 0.123 e. The molecule has 1 atom stereocenters. The van der Waals surface area contributed by atoms with Crippen LogP contribution in [0.4, 0.5) is 4.39 Å². The summed E-state index contributed by atoms with van der Waals surface area (Å²) in [6.45, 7) is 4.96. The predicted molar refractivity (Wildman–Crippen MR) is 79.1 cm³/mol. The number of nitrogens with zero attached hydrogens (tertiary/aromatic N) is 2. The van der Waals surface area contributed by atoms with Gasteiger partial charge in [-0.15, -0.1) is 0 Å². The van der Waals surface area contributed by atoms with Crippen molar-refractivity contribution in [2.45, 2.75) is 32.7 Å². The van der Waals surface area contributed by atoms with Gasteiger partial charge < -0.3 is 5.32 Å². The molecule has 0 spiro atoms. The van der Waals surface area contributed by atoms with Gasteiger partial charge in [0.15, 0.2) is 0 Å². The van der Waals surface area contributed by atoms with E-state index in [0.29, 0.717) is 0 Å². The van der Waals surface area contributed by atoms with Crippen LogP contribution in [0.15, 0.2) is 30.6 Å². The van der Waals surface area contributed by atoms with Crippen molar-refractivity contribution in [1.82, 2.24) is 15.1 Å². The van der Waals surface area contributed by atoms with Gasteiger partial charge >= 0.3 is 0 Å². The van der Waals surface area contributed by atoms with E-state index in [1.807, 2.05) is 37.1 Å². The molecule has 20 heavy (non-hydrogen) atoms. The van der Waals surface area contributed by atoms with Crippen molar-refractivity contribution in [2.75, 3.05) is 6.54 Å². The molecule has 0 aliphatic carbocycles. The van der Waals surface area contributed by atoms with Crippen LogP contribution < -0.4 is 5.32 Å². The lowest BCUT2D eigenvalue weighted by molar-refractivity contribution is 0.511. The molecular weight excluding hydrogens is 253 g/mol. The Labute approximate surface area is 119 Å².